The number of hydrogen-bond donors (Lipinski definition) is 1. The van der Waals surface area contributed by atoms with Crippen molar-refractivity contribution in [3.63, 3.8) is 0 Å². The molecule has 37 heavy (non-hydrogen) atoms. The third-order valence-corrected chi connectivity index (χ3v) is 7.25. The number of hydrogen-bond acceptors (Lipinski definition) is 5. The van der Waals surface area contributed by atoms with E-state index in [0.717, 1.165) is 30.2 Å². The van der Waals surface area contributed by atoms with Crippen molar-refractivity contribution < 1.29 is 22.7 Å². The summed E-state index contributed by atoms with van der Waals surface area (Å²) in [5.41, 5.74) is 2.56. The van der Waals surface area contributed by atoms with Crippen molar-refractivity contribution in [3.05, 3.63) is 59.7 Å². The monoisotopic (exact) mass is 531 g/mol. The number of carbonyl (C=O) groups excluding carboxylic acids is 2. The summed E-state index contributed by atoms with van der Waals surface area (Å²) in [4.78, 5) is 27.7. The molecule has 9 heteroatoms. The highest BCUT2D eigenvalue weighted by Gasteiger charge is 2.26. The normalized spacial score (nSPS) is 12.0. The first-order valence-corrected chi connectivity index (χ1v) is 14.7. The third-order valence-electron chi connectivity index (χ3n) is 6.06. The predicted molar refractivity (Wildman–Crippen MR) is 148 cm³/mol. The number of carbonyl (C=O) groups is 2. The maximum absolute atomic E-state index is 13.3. The molecular formula is C28H41N3O5S. The minimum Gasteiger partial charge on any atom is -0.494 e. The number of anilines is 1. The van der Waals surface area contributed by atoms with E-state index in [1.165, 1.54) is 4.31 Å². The molecule has 0 aliphatic heterocycles. The molecule has 2 amide bonds. The SMILES string of the molecule is CCCCNC(=O)C(C)N(Cc1ccc(C)cc1)C(=O)CCCN(c1ccc(OCC)cc1)S(C)(=O)=O. The van der Waals surface area contributed by atoms with Gasteiger partial charge >= 0.3 is 0 Å². The molecule has 0 aromatic heterocycles. The van der Waals surface area contributed by atoms with Crippen LogP contribution in [-0.2, 0) is 26.2 Å². The minimum atomic E-state index is -3.55. The smallest absolute Gasteiger partial charge is 0.242 e. The molecule has 1 N–H and O–H groups in total. The molecule has 0 saturated carbocycles. The first-order valence-electron chi connectivity index (χ1n) is 12.9. The number of sulfonamides is 1. The highest BCUT2D eigenvalue weighted by Crippen LogP contribution is 2.22. The topological polar surface area (TPSA) is 96.0 Å². The largest absolute Gasteiger partial charge is 0.494 e. The Bertz CT molecular complexity index is 1100. The summed E-state index contributed by atoms with van der Waals surface area (Å²) >= 11 is 0. The fourth-order valence-electron chi connectivity index (χ4n) is 3.89. The van der Waals surface area contributed by atoms with Gasteiger partial charge in [-0.15, -0.1) is 0 Å². The van der Waals surface area contributed by atoms with Crippen LogP contribution in [0.15, 0.2) is 48.5 Å². The minimum absolute atomic E-state index is 0.113. The van der Waals surface area contributed by atoms with Crippen LogP contribution < -0.4 is 14.4 Å². The van der Waals surface area contributed by atoms with Crippen molar-refractivity contribution in [2.45, 2.75) is 66.0 Å². The summed E-state index contributed by atoms with van der Waals surface area (Å²) < 4.78 is 31.7. The summed E-state index contributed by atoms with van der Waals surface area (Å²) in [6, 6.07) is 14.1. The molecular weight excluding hydrogens is 490 g/mol. The van der Waals surface area contributed by atoms with Gasteiger partial charge in [-0.2, -0.15) is 0 Å². The van der Waals surface area contributed by atoms with E-state index in [2.05, 4.69) is 12.2 Å². The average Bonchev–Trinajstić information content (AvgIpc) is 2.86. The van der Waals surface area contributed by atoms with Gasteiger partial charge in [0.1, 0.15) is 11.8 Å². The summed E-state index contributed by atoms with van der Waals surface area (Å²) in [5.74, 6) is 0.271. The van der Waals surface area contributed by atoms with Crippen molar-refractivity contribution >= 4 is 27.5 Å². The summed E-state index contributed by atoms with van der Waals surface area (Å²) in [6.45, 7) is 9.19. The van der Waals surface area contributed by atoms with Crippen LogP contribution in [0.2, 0.25) is 0 Å². The Hall–Kier alpha value is -3.07. The molecule has 0 aliphatic rings. The zero-order valence-electron chi connectivity index (χ0n) is 22.7. The average molecular weight is 532 g/mol. The van der Waals surface area contributed by atoms with Crippen LogP contribution >= 0.6 is 0 Å². The highest BCUT2D eigenvalue weighted by atomic mass is 32.2. The van der Waals surface area contributed by atoms with Gasteiger partial charge in [0.2, 0.25) is 21.8 Å². The standard InChI is InChI=1S/C28H41N3O5S/c1-6-8-19-29-28(33)23(4)30(21-24-13-11-22(3)12-14-24)27(32)10-9-20-31(37(5,34)35)25-15-17-26(18-16-25)36-7-2/h11-18,23H,6-10,19-21H2,1-5H3,(H,29,33). The molecule has 2 aromatic carbocycles. The Morgan fingerprint density at radius 2 is 1.65 bits per heavy atom. The van der Waals surface area contributed by atoms with Gasteiger partial charge in [0.25, 0.3) is 0 Å². The Kier molecular flexibility index (Phi) is 11.9. The Morgan fingerprint density at radius 3 is 2.22 bits per heavy atom. The van der Waals surface area contributed by atoms with E-state index in [4.69, 9.17) is 4.74 Å². The Balaban J connectivity index is 2.12. The highest BCUT2D eigenvalue weighted by molar-refractivity contribution is 7.92. The molecule has 0 radical (unpaired) electrons. The van der Waals surface area contributed by atoms with Crippen LogP contribution in [0.4, 0.5) is 5.69 Å². The number of unbranched alkanes of at least 4 members (excludes halogenated alkanes) is 1. The zero-order valence-corrected chi connectivity index (χ0v) is 23.5. The summed E-state index contributed by atoms with van der Waals surface area (Å²) in [6.07, 6.45) is 3.41. The fraction of sp³-hybridized carbons (Fsp3) is 0.500. The van der Waals surface area contributed by atoms with Crippen LogP contribution in [0.1, 0.15) is 57.6 Å². The van der Waals surface area contributed by atoms with E-state index < -0.39 is 16.1 Å². The van der Waals surface area contributed by atoms with E-state index in [0.29, 0.717) is 37.6 Å². The van der Waals surface area contributed by atoms with Crippen molar-refractivity contribution in [2.75, 3.05) is 30.3 Å². The van der Waals surface area contributed by atoms with Crippen molar-refractivity contribution in [2.24, 2.45) is 0 Å². The molecule has 204 valence electrons. The number of ether oxygens (including phenoxy) is 1. The number of rotatable bonds is 15. The van der Waals surface area contributed by atoms with E-state index in [-0.39, 0.29) is 24.8 Å². The molecule has 1 atom stereocenters. The van der Waals surface area contributed by atoms with Gasteiger partial charge in [-0.3, -0.25) is 13.9 Å². The van der Waals surface area contributed by atoms with E-state index in [9.17, 15) is 18.0 Å². The van der Waals surface area contributed by atoms with Crippen LogP contribution in [-0.4, -0.2) is 57.1 Å². The van der Waals surface area contributed by atoms with Gasteiger partial charge in [0, 0.05) is 26.1 Å². The van der Waals surface area contributed by atoms with Gasteiger partial charge in [-0.1, -0.05) is 43.2 Å². The second-order valence-corrected chi connectivity index (χ2v) is 11.1. The summed E-state index contributed by atoms with van der Waals surface area (Å²) in [7, 11) is -3.55. The van der Waals surface area contributed by atoms with Crippen LogP contribution in [0.25, 0.3) is 0 Å². The third kappa shape index (κ3) is 9.72. The van der Waals surface area contributed by atoms with E-state index >= 15 is 0 Å². The molecule has 1 unspecified atom stereocenters. The predicted octanol–water partition coefficient (Wildman–Crippen LogP) is 4.27. The van der Waals surface area contributed by atoms with Crippen LogP contribution in [0, 0.1) is 6.92 Å². The lowest BCUT2D eigenvalue weighted by molar-refractivity contribution is -0.140. The first-order chi connectivity index (χ1) is 17.6. The second-order valence-electron chi connectivity index (χ2n) is 9.19. The first kappa shape index (κ1) is 30.2. The number of amides is 2. The molecule has 8 nitrogen and oxygen atoms in total. The van der Waals surface area contributed by atoms with Gasteiger partial charge in [0.15, 0.2) is 0 Å². The second kappa shape index (κ2) is 14.6. The maximum Gasteiger partial charge on any atom is 0.242 e. The van der Waals surface area contributed by atoms with Crippen molar-refractivity contribution in [3.8, 4) is 5.75 Å². The lowest BCUT2D eigenvalue weighted by atomic mass is 10.1. The zero-order chi connectivity index (χ0) is 27.4. The number of aryl methyl sites for hydroxylation is 1. The molecule has 0 spiro atoms. The van der Waals surface area contributed by atoms with Crippen LogP contribution in [0.3, 0.4) is 0 Å². The van der Waals surface area contributed by atoms with Crippen LogP contribution in [0.5, 0.6) is 5.75 Å². The van der Waals surface area contributed by atoms with E-state index in [1.54, 1.807) is 36.1 Å². The maximum atomic E-state index is 13.3. The Morgan fingerprint density at radius 1 is 1.00 bits per heavy atom. The fourth-order valence-corrected chi connectivity index (χ4v) is 4.85. The molecule has 0 bridgehead atoms. The molecule has 0 aliphatic carbocycles. The number of nitrogens with one attached hydrogen (secondary N) is 1. The van der Waals surface area contributed by atoms with Gasteiger partial charge in [-0.25, -0.2) is 8.42 Å². The molecule has 2 rings (SSSR count). The summed E-state index contributed by atoms with van der Waals surface area (Å²) in [5, 5.41) is 2.91. The molecule has 2 aromatic rings. The van der Waals surface area contributed by atoms with Gasteiger partial charge < -0.3 is 15.0 Å². The number of nitrogens with zero attached hydrogens (tertiary/aromatic N) is 2. The number of benzene rings is 2. The van der Waals surface area contributed by atoms with Gasteiger partial charge in [-0.05, 0) is 63.4 Å². The molecule has 0 heterocycles. The molecule has 0 saturated heterocycles. The van der Waals surface area contributed by atoms with Crippen molar-refractivity contribution in [1.29, 1.82) is 0 Å². The molecule has 0 fully saturated rings. The lowest BCUT2D eigenvalue weighted by Gasteiger charge is -2.29. The lowest BCUT2D eigenvalue weighted by Crippen LogP contribution is -2.48. The van der Waals surface area contributed by atoms with E-state index in [1.807, 2.05) is 38.1 Å². The van der Waals surface area contributed by atoms with Gasteiger partial charge in [0.05, 0.1) is 18.6 Å². The van der Waals surface area contributed by atoms with Crippen molar-refractivity contribution in [1.82, 2.24) is 10.2 Å². The Labute approximate surface area is 222 Å². The quantitative estimate of drug-likeness (QED) is 0.346.